The molecule has 4 aromatic rings. The van der Waals surface area contributed by atoms with E-state index >= 15 is 8.78 Å². The fourth-order valence-electron chi connectivity index (χ4n) is 5.86. The predicted octanol–water partition coefficient (Wildman–Crippen LogP) is 8.27. The number of carboxylic acids is 1. The molecule has 1 N–H and O–H groups in total. The van der Waals surface area contributed by atoms with Crippen molar-refractivity contribution in [3.8, 4) is 5.75 Å². The fourth-order valence-corrected chi connectivity index (χ4v) is 7.39. The number of carbonyl (C=O) groups is 2. The maximum absolute atomic E-state index is 15.4. The number of nitrogens with zero attached hydrogens (tertiary/aromatic N) is 2. The van der Waals surface area contributed by atoms with Crippen molar-refractivity contribution in [2.75, 3.05) is 18.6 Å². The molecule has 0 unspecified atom stereocenters. The van der Waals surface area contributed by atoms with Crippen molar-refractivity contribution in [3.63, 3.8) is 0 Å². The number of ether oxygens (including phenoxy) is 1. The lowest BCUT2D eigenvalue weighted by atomic mass is 9.84. The van der Waals surface area contributed by atoms with E-state index in [2.05, 4.69) is 0 Å². The van der Waals surface area contributed by atoms with Crippen LogP contribution in [0.25, 0.3) is 0 Å². The van der Waals surface area contributed by atoms with E-state index in [1.54, 1.807) is 6.07 Å². The number of rotatable bonds is 12. The summed E-state index contributed by atoms with van der Waals surface area (Å²) in [7, 11) is -4.65. The molecule has 16 heteroatoms. The molecule has 1 fully saturated rings. The molecule has 0 saturated heterocycles. The third kappa shape index (κ3) is 8.09. The molecule has 0 aliphatic heterocycles. The number of carbonyl (C=O) groups excluding carboxylic acids is 1. The number of amides is 1. The summed E-state index contributed by atoms with van der Waals surface area (Å²) in [6, 6.07) is 9.49. The minimum Gasteiger partial charge on any atom is -0.495 e. The molecule has 54 heavy (non-hydrogen) atoms. The first-order valence-electron chi connectivity index (χ1n) is 16.5. The molecule has 1 aliphatic rings. The van der Waals surface area contributed by atoms with Gasteiger partial charge in [-0.3, -0.25) is 4.79 Å². The Bertz CT molecular complexity index is 2220. The second-order valence-electron chi connectivity index (χ2n) is 14.0. The normalized spacial score (nSPS) is 13.4. The molecule has 1 amide bonds. The number of sulfonamides is 1. The van der Waals surface area contributed by atoms with Gasteiger partial charge in [0, 0.05) is 29.8 Å². The Morgan fingerprint density at radius 3 is 2.04 bits per heavy atom. The quantitative estimate of drug-likeness (QED) is 0.0883. The average Bonchev–Trinajstić information content (AvgIpc) is 3.95. The van der Waals surface area contributed by atoms with Gasteiger partial charge < -0.3 is 14.7 Å². The first-order valence-corrected chi connectivity index (χ1v) is 17.9. The highest BCUT2D eigenvalue weighted by atomic mass is 32.2. The molecule has 5 rings (SSSR count). The van der Waals surface area contributed by atoms with Crippen molar-refractivity contribution in [3.05, 3.63) is 123 Å². The van der Waals surface area contributed by atoms with Crippen molar-refractivity contribution < 1.29 is 58.6 Å². The van der Waals surface area contributed by atoms with Crippen LogP contribution in [0.2, 0.25) is 0 Å². The highest BCUT2D eigenvalue weighted by Gasteiger charge is 2.39. The summed E-state index contributed by atoms with van der Waals surface area (Å²) in [6.07, 6.45) is 1.83. The van der Waals surface area contributed by atoms with Crippen LogP contribution in [0.4, 0.5) is 36.4 Å². The summed E-state index contributed by atoms with van der Waals surface area (Å²) in [4.78, 5) is 25.2. The number of benzene rings is 4. The average molecular weight is 781 g/mol. The monoisotopic (exact) mass is 780 g/mol. The highest BCUT2D eigenvalue weighted by molar-refractivity contribution is 7.89. The lowest BCUT2D eigenvalue weighted by Crippen LogP contribution is -2.43. The van der Waals surface area contributed by atoms with Crippen molar-refractivity contribution in [2.45, 2.75) is 69.9 Å². The van der Waals surface area contributed by atoms with E-state index in [1.807, 2.05) is 32.9 Å². The van der Waals surface area contributed by atoms with Gasteiger partial charge in [-0.25, -0.2) is 43.9 Å². The molecule has 0 spiro atoms. The zero-order valence-electron chi connectivity index (χ0n) is 29.7. The molecule has 0 heterocycles. The van der Waals surface area contributed by atoms with E-state index in [1.165, 1.54) is 13.2 Å². The van der Waals surface area contributed by atoms with Crippen LogP contribution < -0.4 is 9.64 Å². The number of hydrogen-bond acceptors (Lipinski definition) is 5. The summed E-state index contributed by atoms with van der Waals surface area (Å²) < 4.78 is 137. The largest absolute Gasteiger partial charge is 0.495 e. The molecular formula is C38H35F7N2O6S. The van der Waals surface area contributed by atoms with Crippen LogP contribution in [0.3, 0.4) is 0 Å². The molecule has 0 radical (unpaired) electrons. The zero-order valence-corrected chi connectivity index (χ0v) is 30.5. The Labute approximate surface area is 306 Å². The molecule has 4 aromatic carbocycles. The highest BCUT2D eigenvalue weighted by Crippen LogP contribution is 2.42. The van der Waals surface area contributed by atoms with Crippen molar-refractivity contribution in [1.29, 1.82) is 0 Å². The van der Waals surface area contributed by atoms with E-state index in [0.717, 1.165) is 41.0 Å². The van der Waals surface area contributed by atoms with Gasteiger partial charge >= 0.3 is 5.97 Å². The molecule has 1 saturated carbocycles. The van der Waals surface area contributed by atoms with Gasteiger partial charge in [0.15, 0.2) is 28.2 Å². The van der Waals surface area contributed by atoms with Crippen LogP contribution in [0.1, 0.15) is 77.7 Å². The van der Waals surface area contributed by atoms with E-state index < -0.39 is 91.7 Å². The van der Waals surface area contributed by atoms with E-state index in [0.29, 0.717) is 12.5 Å². The number of hydrogen-bond donors (Lipinski definition) is 1. The summed E-state index contributed by atoms with van der Waals surface area (Å²) >= 11 is 0. The van der Waals surface area contributed by atoms with Crippen LogP contribution >= 0.6 is 0 Å². The lowest BCUT2D eigenvalue weighted by molar-refractivity contribution is -0.119. The second-order valence-corrected chi connectivity index (χ2v) is 15.9. The van der Waals surface area contributed by atoms with Crippen LogP contribution in [0.5, 0.6) is 5.75 Å². The lowest BCUT2D eigenvalue weighted by Gasteiger charge is -2.30. The van der Waals surface area contributed by atoms with Crippen molar-refractivity contribution in [2.24, 2.45) is 0 Å². The SMILES string of the molecule is COc1cc(C(=O)O)ccc1N(Cc1cc(C2CC2)cc(C(C)(C)C)c1)C(=O)CN(Cc1c(F)cc(F)cc1F)S(=O)(=O)c1c(F)c(C)c(F)c(F)c1F. The van der Waals surface area contributed by atoms with E-state index in [9.17, 15) is 45.1 Å². The summed E-state index contributed by atoms with van der Waals surface area (Å²) in [6.45, 7) is 3.28. The van der Waals surface area contributed by atoms with Gasteiger partial charge in [-0.05, 0) is 66.0 Å². The topological polar surface area (TPSA) is 104 Å². The fraction of sp³-hybridized carbons (Fsp3) is 0.316. The van der Waals surface area contributed by atoms with Crippen molar-refractivity contribution in [1.82, 2.24) is 4.31 Å². The first kappa shape index (κ1) is 40.2. The molecule has 1 aliphatic carbocycles. The maximum atomic E-state index is 15.4. The van der Waals surface area contributed by atoms with Gasteiger partial charge in [-0.1, -0.05) is 39.0 Å². The molecule has 288 valence electrons. The number of halogens is 7. The molecular weight excluding hydrogens is 745 g/mol. The molecule has 0 atom stereocenters. The van der Waals surface area contributed by atoms with Crippen molar-refractivity contribution >= 4 is 27.6 Å². The Kier molecular flexibility index (Phi) is 11.2. The minimum absolute atomic E-state index is 0.0562. The second kappa shape index (κ2) is 15.1. The summed E-state index contributed by atoms with van der Waals surface area (Å²) in [5.41, 5.74) is -0.736. The third-order valence-electron chi connectivity index (χ3n) is 9.08. The number of methoxy groups -OCH3 is 1. The molecule has 8 nitrogen and oxygen atoms in total. The van der Waals surface area contributed by atoms with Gasteiger partial charge in [-0.15, -0.1) is 0 Å². The van der Waals surface area contributed by atoms with Gasteiger partial charge in [0.1, 0.15) is 23.2 Å². The number of anilines is 1. The Hall–Kier alpha value is -4.96. The van der Waals surface area contributed by atoms with E-state index in [-0.39, 0.29) is 51.3 Å². The Morgan fingerprint density at radius 1 is 0.852 bits per heavy atom. The number of aromatic carboxylic acids is 1. The van der Waals surface area contributed by atoms with Crippen LogP contribution in [0, 0.1) is 47.6 Å². The Morgan fingerprint density at radius 2 is 1.48 bits per heavy atom. The van der Waals surface area contributed by atoms with Gasteiger partial charge in [0.2, 0.25) is 15.9 Å². The first-order chi connectivity index (χ1) is 25.1. The van der Waals surface area contributed by atoms with E-state index in [4.69, 9.17) is 4.74 Å². The zero-order chi connectivity index (χ0) is 40.0. The smallest absolute Gasteiger partial charge is 0.335 e. The Balaban J connectivity index is 1.70. The third-order valence-corrected chi connectivity index (χ3v) is 10.9. The number of carboxylic acid groups (broad SMARTS) is 1. The van der Waals surface area contributed by atoms with Crippen LogP contribution in [-0.4, -0.2) is 43.4 Å². The minimum atomic E-state index is -5.83. The van der Waals surface area contributed by atoms with Crippen LogP contribution in [-0.2, 0) is 33.3 Å². The summed E-state index contributed by atoms with van der Waals surface area (Å²) in [5, 5.41) is 9.59. The summed E-state index contributed by atoms with van der Waals surface area (Å²) in [5.74, 6) is -16.1. The maximum Gasteiger partial charge on any atom is 0.335 e. The predicted molar refractivity (Wildman–Crippen MR) is 183 cm³/mol. The van der Waals surface area contributed by atoms with Gasteiger partial charge in [0.05, 0.1) is 31.5 Å². The molecule has 0 bridgehead atoms. The van der Waals surface area contributed by atoms with Gasteiger partial charge in [0.25, 0.3) is 0 Å². The molecule has 0 aromatic heterocycles. The standard InChI is InChI=1S/C38H35F7N2O6S/c1-19-32(42)34(44)35(45)36(33(19)43)54(51,52)46(17-26-27(40)14-25(39)15-28(26)41)18-31(48)47(29-9-8-22(37(49)50)13-30(29)53-5)16-20-10-23(21-6-7-21)12-24(11-20)38(2,3)4/h8-15,21H,6-7,16-18H2,1-5H3,(H,49,50). The van der Waals surface area contributed by atoms with Crippen LogP contribution in [0.15, 0.2) is 53.4 Å². The van der Waals surface area contributed by atoms with Gasteiger partial charge in [-0.2, -0.15) is 4.31 Å².